The minimum atomic E-state index is -4.89. The first-order chi connectivity index (χ1) is 10.5. The van der Waals surface area contributed by atoms with Crippen molar-refractivity contribution in [2.75, 3.05) is 0 Å². The largest absolute Gasteiger partial charge is 0.392 e. The van der Waals surface area contributed by atoms with Gasteiger partial charge in [-0.1, -0.05) is 54.6 Å². The lowest BCUT2D eigenvalue weighted by molar-refractivity contribution is -0.241. The molecule has 0 saturated carbocycles. The Hall–Kier alpha value is -1.95. The van der Waals surface area contributed by atoms with Crippen molar-refractivity contribution in [1.29, 1.82) is 0 Å². The smallest absolute Gasteiger partial charge is 0.383 e. The first-order valence-corrected chi connectivity index (χ1v) is 6.86. The Morgan fingerprint density at radius 2 is 1.26 bits per heavy atom. The highest BCUT2D eigenvalue weighted by molar-refractivity contribution is 5.63. The molecule has 0 bridgehead atoms. The minimum Gasteiger partial charge on any atom is -0.383 e. The van der Waals surface area contributed by atoms with Crippen LogP contribution in [0.5, 0.6) is 0 Å². The molecule has 0 saturated heterocycles. The molecule has 2 rings (SSSR count). The number of hydrogen-bond acceptors (Lipinski definition) is 1. The van der Waals surface area contributed by atoms with Gasteiger partial charge in [-0.25, -0.2) is 0 Å². The Balaban J connectivity index is 2.30. The first kappa shape index (κ1) is 17.4. The zero-order valence-corrected chi connectivity index (χ0v) is 12.2. The maximum absolute atomic E-state index is 14.2. The Morgan fingerprint density at radius 1 is 0.783 bits per heavy atom. The fourth-order valence-corrected chi connectivity index (χ4v) is 2.31. The number of alkyl halides is 5. The molecule has 0 spiro atoms. The molecular weight excluding hydrogens is 315 g/mol. The van der Waals surface area contributed by atoms with E-state index in [-0.39, 0.29) is 0 Å². The van der Waals surface area contributed by atoms with E-state index in [1.54, 1.807) is 30.3 Å². The second-order valence-electron chi connectivity index (χ2n) is 5.58. The zero-order valence-electron chi connectivity index (χ0n) is 12.2. The highest BCUT2D eigenvalue weighted by atomic mass is 19.4. The molecule has 124 valence electrons. The van der Waals surface area contributed by atoms with Gasteiger partial charge in [0.25, 0.3) is 0 Å². The molecule has 2 aromatic rings. The summed E-state index contributed by atoms with van der Waals surface area (Å²) in [5.74, 6) is -4.03. The molecule has 0 aliphatic carbocycles. The molecule has 0 amide bonds. The van der Waals surface area contributed by atoms with E-state index in [0.717, 1.165) is 17.7 Å². The van der Waals surface area contributed by atoms with Gasteiger partial charge in [0.1, 0.15) is 5.60 Å². The van der Waals surface area contributed by atoms with Crippen LogP contribution >= 0.6 is 0 Å². The average molecular weight is 330 g/mol. The SMILES string of the molecule is CC(O)(CC(F)(F)F)C(F)(F)c1ccc(-c2ccccc2)cc1. The van der Waals surface area contributed by atoms with E-state index in [1.165, 1.54) is 12.1 Å². The molecule has 0 fully saturated rings. The molecule has 0 heterocycles. The van der Waals surface area contributed by atoms with Crippen molar-refractivity contribution in [3.8, 4) is 11.1 Å². The summed E-state index contributed by atoms with van der Waals surface area (Å²) in [7, 11) is 0. The third kappa shape index (κ3) is 3.88. The molecule has 1 unspecified atom stereocenters. The minimum absolute atomic E-state index is 0.492. The Labute approximate surface area is 130 Å². The normalized spacial score (nSPS) is 15.3. The van der Waals surface area contributed by atoms with Gasteiger partial charge in [0.15, 0.2) is 0 Å². The summed E-state index contributed by atoms with van der Waals surface area (Å²) in [5.41, 5.74) is -2.43. The van der Waals surface area contributed by atoms with Crippen LogP contribution in [-0.2, 0) is 5.92 Å². The van der Waals surface area contributed by atoms with Crippen molar-refractivity contribution in [3.63, 3.8) is 0 Å². The third-order valence-corrected chi connectivity index (χ3v) is 3.58. The van der Waals surface area contributed by atoms with Gasteiger partial charge in [0.2, 0.25) is 0 Å². The highest BCUT2D eigenvalue weighted by Gasteiger charge is 2.55. The lowest BCUT2D eigenvalue weighted by atomic mass is 9.88. The summed E-state index contributed by atoms with van der Waals surface area (Å²) < 4.78 is 65.7. The third-order valence-electron chi connectivity index (χ3n) is 3.58. The van der Waals surface area contributed by atoms with E-state index in [4.69, 9.17) is 0 Å². The van der Waals surface area contributed by atoms with Gasteiger partial charge in [0.05, 0.1) is 6.42 Å². The summed E-state index contributed by atoms with van der Waals surface area (Å²) in [6.45, 7) is 0.492. The zero-order chi connectivity index (χ0) is 17.3. The summed E-state index contributed by atoms with van der Waals surface area (Å²) in [5, 5.41) is 9.65. The molecule has 23 heavy (non-hydrogen) atoms. The highest BCUT2D eigenvalue weighted by Crippen LogP contribution is 2.44. The van der Waals surface area contributed by atoms with Gasteiger partial charge in [-0.05, 0) is 18.1 Å². The molecule has 6 heteroatoms. The van der Waals surface area contributed by atoms with Crippen molar-refractivity contribution < 1.29 is 27.1 Å². The molecule has 1 N–H and O–H groups in total. The van der Waals surface area contributed by atoms with E-state index in [2.05, 4.69) is 0 Å². The van der Waals surface area contributed by atoms with Crippen LogP contribution in [0, 0.1) is 0 Å². The van der Waals surface area contributed by atoms with Crippen molar-refractivity contribution in [2.45, 2.75) is 31.0 Å². The van der Waals surface area contributed by atoms with Crippen molar-refractivity contribution in [3.05, 3.63) is 60.2 Å². The molecule has 0 aliphatic rings. The molecule has 0 radical (unpaired) electrons. The second kappa shape index (κ2) is 5.92. The molecule has 1 nitrogen and oxygen atoms in total. The summed E-state index contributed by atoms with van der Waals surface area (Å²) >= 11 is 0. The molecule has 1 atom stereocenters. The van der Waals surface area contributed by atoms with Crippen LogP contribution in [0.15, 0.2) is 54.6 Å². The lowest BCUT2D eigenvalue weighted by Crippen LogP contribution is -2.46. The van der Waals surface area contributed by atoms with Crippen molar-refractivity contribution in [2.24, 2.45) is 0 Å². The molecule has 0 aliphatic heterocycles. The van der Waals surface area contributed by atoms with Gasteiger partial charge in [-0.3, -0.25) is 0 Å². The van der Waals surface area contributed by atoms with Crippen LogP contribution in [0.2, 0.25) is 0 Å². The number of aliphatic hydroxyl groups is 1. The number of hydrogen-bond donors (Lipinski definition) is 1. The Bertz CT molecular complexity index is 645. The number of halogens is 5. The Morgan fingerprint density at radius 3 is 1.74 bits per heavy atom. The van der Waals surface area contributed by atoms with Gasteiger partial charge in [-0.2, -0.15) is 22.0 Å². The van der Waals surface area contributed by atoms with Crippen LogP contribution in [0.3, 0.4) is 0 Å². The number of benzene rings is 2. The van der Waals surface area contributed by atoms with Gasteiger partial charge in [-0.15, -0.1) is 0 Å². The molecular formula is C17H15F5O. The fraction of sp³-hybridized carbons (Fsp3) is 0.294. The van der Waals surface area contributed by atoms with Crippen molar-refractivity contribution in [1.82, 2.24) is 0 Å². The quantitative estimate of drug-likeness (QED) is 0.769. The average Bonchev–Trinajstić information content (AvgIpc) is 2.46. The van der Waals surface area contributed by atoms with E-state index in [1.807, 2.05) is 0 Å². The topological polar surface area (TPSA) is 20.2 Å². The lowest BCUT2D eigenvalue weighted by Gasteiger charge is -2.33. The van der Waals surface area contributed by atoms with Gasteiger partial charge in [0, 0.05) is 5.56 Å². The maximum Gasteiger partial charge on any atom is 0.392 e. The first-order valence-electron chi connectivity index (χ1n) is 6.86. The van der Waals surface area contributed by atoms with E-state index < -0.39 is 29.7 Å². The summed E-state index contributed by atoms with van der Waals surface area (Å²) in [6.07, 6.45) is -6.88. The predicted octanol–water partition coefficient (Wildman–Crippen LogP) is 5.15. The van der Waals surface area contributed by atoms with Crippen LogP contribution in [-0.4, -0.2) is 16.9 Å². The maximum atomic E-state index is 14.2. The van der Waals surface area contributed by atoms with E-state index >= 15 is 0 Å². The van der Waals surface area contributed by atoms with Crippen LogP contribution in [0.1, 0.15) is 18.9 Å². The summed E-state index contributed by atoms with van der Waals surface area (Å²) in [4.78, 5) is 0. The van der Waals surface area contributed by atoms with Crippen LogP contribution < -0.4 is 0 Å². The monoisotopic (exact) mass is 330 g/mol. The van der Waals surface area contributed by atoms with Crippen LogP contribution in [0.4, 0.5) is 22.0 Å². The standard InChI is InChI=1S/C17H15F5O/c1-15(23,11-16(18,19)20)17(21,22)14-9-7-13(8-10-14)12-5-3-2-4-6-12/h2-10,23H,11H2,1H3. The van der Waals surface area contributed by atoms with Crippen molar-refractivity contribution >= 4 is 0 Å². The van der Waals surface area contributed by atoms with E-state index in [0.29, 0.717) is 12.5 Å². The number of rotatable bonds is 4. The van der Waals surface area contributed by atoms with E-state index in [9.17, 15) is 27.1 Å². The molecule has 2 aromatic carbocycles. The fourth-order valence-electron chi connectivity index (χ4n) is 2.31. The predicted molar refractivity (Wildman–Crippen MR) is 77.1 cm³/mol. The second-order valence-corrected chi connectivity index (χ2v) is 5.58. The van der Waals surface area contributed by atoms with Crippen LogP contribution in [0.25, 0.3) is 11.1 Å². The Kier molecular flexibility index (Phi) is 4.48. The van der Waals surface area contributed by atoms with Gasteiger partial charge >= 0.3 is 12.1 Å². The van der Waals surface area contributed by atoms with Gasteiger partial charge < -0.3 is 5.11 Å². The summed E-state index contributed by atoms with van der Waals surface area (Å²) in [6, 6.07) is 13.8. The molecule has 0 aromatic heterocycles.